The lowest BCUT2D eigenvalue weighted by Gasteiger charge is -2.15. The first-order valence-electron chi connectivity index (χ1n) is 6.00. The largest absolute Gasteiger partial charge is 0.541 e. The first-order valence-corrected chi connectivity index (χ1v) is 9.29. The number of aryl methyl sites for hydroxylation is 1. The number of thiophene rings is 1. The van der Waals surface area contributed by atoms with Crippen LogP contribution in [0.4, 0.5) is 5.69 Å². The predicted molar refractivity (Wildman–Crippen MR) is 80.9 cm³/mol. The lowest BCUT2D eigenvalue weighted by atomic mass is 10.2. The van der Waals surface area contributed by atoms with Gasteiger partial charge >= 0.3 is 0 Å². The second kappa shape index (κ2) is 6.07. The Bertz CT molecular complexity index is 497. The summed E-state index contributed by atoms with van der Waals surface area (Å²) in [6.07, 6.45) is 0. The van der Waals surface area contributed by atoms with E-state index in [1.165, 1.54) is 10.4 Å². The first-order chi connectivity index (χ1) is 8.65. The maximum atomic E-state index is 5.91. The molecule has 95 valence electrons. The fourth-order valence-corrected chi connectivity index (χ4v) is 2.95. The van der Waals surface area contributed by atoms with Gasteiger partial charge in [-0.05, 0) is 49.2 Å². The van der Waals surface area contributed by atoms with Crippen LogP contribution in [0.2, 0.25) is 13.1 Å². The Morgan fingerprint density at radius 3 is 2.78 bits per heavy atom. The molecule has 2 rings (SSSR count). The van der Waals surface area contributed by atoms with E-state index >= 15 is 0 Å². The second-order valence-electron chi connectivity index (χ2n) is 4.44. The molecule has 0 fully saturated rings. The van der Waals surface area contributed by atoms with Gasteiger partial charge in [-0.3, -0.25) is 0 Å². The van der Waals surface area contributed by atoms with E-state index in [1.807, 2.05) is 0 Å². The molecule has 1 aromatic carbocycles. The van der Waals surface area contributed by atoms with Crippen LogP contribution in [0.3, 0.4) is 0 Å². The van der Waals surface area contributed by atoms with E-state index in [9.17, 15) is 0 Å². The van der Waals surface area contributed by atoms with Gasteiger partial charge in [-0.1, -0.05) is 12.1 Å². The van der Waals surface area contributed by atoms with Crippen molar-refractivity contribution in [2.75, 3.05) is 5.32 Å². The number of benzene rings is 1. The fourth-order valence-electron chi connectivity index (χ4n) is 1.69. The summed E-state index contributed by atoms with van der Waals surface area (Å²) in [5.74, 6) is 0.969. The minimum Gasteiger partial charge on any atom is -0.541 e. The Morgan fingerprint density at radius 2 is 2.11 bits per heavy atom. The predicted octanol–water partition coefficient (Wildman–Crippen LogP) is 4.30. The average molecular weight is 276 g/mol. The maximum Gasteiger partial charge on any atom is 0.274 e. The van der Waals surface area contributed by atoms with Crippen molar-refractivity contribution in [1.29, 1.82) is 0 Å². The number of anilines is 1. The molecule has 0 saturated heterocycles. The van der Waals surface area contributed by atoms with Gasteiger partial charge in [-0.15, -0.1) is 11.3 Å². The van der Waals surface area contributed by atoms with E-state index in [-0.39, 0.29) is 0 Å². The first kappa shape index (κ1) is 13.2. The summed E-state index contributed by atoms with van der Waals surface area (Å²) in [7, 11) is -0.730. The van der Waals surface area contributed by atoms with E-state index in [2.05, 4.69) is 61.0 Å². The number of hydrogen-bond donors (Lipinski definition) is 1. The summed E-state index contributed by atoms with van der Waals surface area (Å²) in [5.41, 5.74) is 2.34. The summed E-state index contributed by atoms with van der Waals surface area (Å²) in [6.45, 7) is 7.25. The molecule has 0 bridgehead atoms. The fraction of sp³-hybridized carbons (Fsp3) is 0.286. The highest BCUT2D eigenvalue weighted by atomic mass is 32.1. The molecule has 0 spiro atoms. The van der Waals surface area contributed by atoms with Crippen LogP contribution < -0.4 is 9.74 Å². The molecule has 0 saturated carbocycles. The Morgan fingerprint density at radius 1 is 1.28 bits per heavy atom. The van der Waals surface area contributed by atoms with Crippen molar-refractivity contribution in [3.8, 4) is 5.75 Å². The van der Waals surface area contributed by atoms with Crippen LogP contribution in [0.25, 0.3) is 0 Å². The molecule has 1 heterocycles. The van der Waals surface area contributed by atoms with Gasteiger partial charge in [0.2, 0.25) is 0 Å². The van der Waals surface area contributed by atoms with Crippen LogP contribution in [0.1, 0.15) is 10.4 Å². The summed E-state index contributed by atoms with van der Waals surface area (Å²) in [4.78, 5) is 1.33. The Kier molecular flexibility index (Phi) is 4.44. The van der Waals surface area contributed by atoms with Crippen LogP contribution in [0.5, 0.6) is 5.75 Å². The Labute approximate surface area is 114 Å². The molecule has 0 amide bonds. The quantitative estimate of drug-likeness (QED) is 0.822. The molecule has 2 aromatic rings. The smallest absolute Gasteiger partial charge is 0.274 e. The SMILES string of the molecule is Cc1ccc(O[Si](C)C)c(NCc2cccs2)c1. The van der Waals surface area contributed by atoms with Gasteiger partial charge < -0.3 is 9.74 Å². The van der Waals surface area contributed by atoms with Crippen LogP contribution in [0, 0.1) is 6.92 Å². The van der Waals surface area contributed by atoms with Crippen molar-refractivity contribution >= 4 is 26.1 Å². The Balaban J connectivity index is 2.11. The van der Waals surface area contributed by atoms with Gasteiger partial charge in [0.1, 0.15) is 5.75 Å². The van der Waals surface area contributed by atoms with Crippen molar-refractivity contribution in [1.82, 2.24) is 0 Å². The molecule has 0 aliphatic rings. The maximum absolute atomic E-state index is 5.91. The molecule has 4 heteroatoms. The van der Waals surface area contributed by atoms with E-state index < -0.39 is 9.04 Å². The standard InChI is InChI=1S/C14H18NOSSi/c1-11-6-7-14(16-18(2)3)13(9-11)15-10-12-5-4-8-17-12/h4-9,15H,10H2,1-3H3. The highest BCUT2D eigenvalue weighted by molar-refractivity contribution is 7.09. The molecular weight excluding hydrogens is 258 g/mol. The van der Waals surface area contributed by atoms with Gasteiger partial charge in [0.15, 0.2) is 0 Å². The molecule has 1 radical (unpaired) electrons. The summed E-state index contributed by atoms with van der Waals surface area (Å²) in [6, 6.07) is 10.5. The molecule has 18 heavy (non-hydrogen) atoms. The minimum atomic E-state index is -0.730. The zero-order chi connectivity index (χ0) is 13.0. The normalized spacial score (nSPS) is 10.7. The summed E-state index contributed by atoms with van der Waals surface area (Å²) < 4.78 is 5.91. The topological polar surface area (TPSA) is 21.3 Å². The van der Waals surface area contributed by atoms with Crippen molar-refractivity contribution < 1.29 is 4.43 Å². The van der Waals surface area contributed by atoms with Crippen molar-refractivity contribution in [3.05, 3.63) is 46.2 Å². The van der Waals surface area contributed by atoms with Gasteiger partial charge in [-0.25, -0.2) is 0 Å². The van der Waals surface area contributed by atoms with E-state index in [4.69, 9.17) is 4.43 Å². The number of hydrogen-bond acceptors (Lipinski definition) is 3. The molecule has 2 nitrogen and oxygen atoms in total. The average Bonchev–Trinajstić information content (AvgIpc) is 2.82. The van der Waals surface area contributed by atoms with Crippen LogP contribution in [0.15, 0.2) is 35.7 Å². The van der Waals surface area contributed by atoms with Gasteiger partial charge in [0.25, 0.3) is 9.04 Å². The lowest BCUT2D eigenvalue weighted by Crippen LogP contribution is -2.13. The van der Waals surface area contributed by atoms with Gasteiger partial charge in [-0.2, -0.15) is 0 Å². The molecule has 1 N–H and O–H groups in total. The number of rotatable bonds is 5. The molecule has 1 aromatic heterocycles. The zero-order valence-electron chi connectivity index (χ0n) is 11.0. The molecule has 0 unspecified atom stereocenters. The minimum absolute atomic E-state index is 0.730. The molecule has 0 aliphatic heterocycles. The third-order valence-corrected chi connectivity index (χ3v) is 3.99. The monoisotopic (exact) mass is 276 g/mol. The van der Waals surface area contributed by atoms with Crippen LogP contribution >= 0.6 is 11.3 Å². The third kappa shape index (κ3) is 3.61. The van der Waals surface area contributed by atoms with Gasteiger partial charge in [0, 0.05) is 11.4 Å². The van der Waals surface area contributed by atoms with Crippen LogP contribution in [-0.4, -0.2) is 9.04 Å². The molecule has 0 atom stereocenters. The van der Waals surface area contributed by atoms with Crippen molar-refractivity contribution in [3.63, 3.8) is 0 Å². The highest BCUT2D eigenvalue weighted by Crippen LogP contribution is 2.27. The van der Waals surface area contributed by atoms with Crippen molar-refractivity contribution in [2.45, 2.75) is 26.6 Å². The highest BCUT2D eigenvalue weighted by Gasteiger charge is 2.07. The number of nitrogens with one attached hydrogen (secondary N) is 1. The van der Waals surface area contributed by atoms with E-state index in [1.54, 1.807) is 11.3 Å². The molecular formula is C14H18NOSSi. The third-order valence-electron chi connectivity index (χ3n) is 2.48. The molecule has 0 aliphatic carbocycles. The van der Waals surface area contributed by atoms with Crippen LogP contribution in [-0.2, 0) is 6.54 Å². The van der Waals surface area contributed by atoms with E-state index in [0.717, 1.165) is 18.0 Å². The Hall–Kier alpha value is -1.26. The van der Waals surface area contributed by atoms with E-state index in [0.29, 0.717) is 0 Å². The van der Waals surface area contributed by atoms with Gasteiger partial charge in [0.05, 0.1) is 5.69 Å². The summed E-state index contributed by atoms with van der Waals surface area (Å²) >= 11 is 1.77. The zero-order valence-corrected chi connectivity index (χ0v) is 12.8. The lowest BCUT2D eigenvalue weighted by molar-refractivity contribution is 0.582. The summed E-state index contributed by atoms with van der Waals surface area (Å²) in [5, 5.41) is 5.56. The second-order valence-corrected chi connectivity index (χ2v) is 7.50. The van der Waals surface area contributed by atoms with Crippen molar-refractivity contribution in [2.24, 2.45) is 0 Å².